The van der Waals surface area contributed by atoms with E-state index in [1.807, 2.05) is 30.3 Å². The summed E-state index contributed by atoms with van der Waals surface area (Å²) in [6.07, 6.45) is 1.45. The van der Waals surface area contributed by atoms with Gasteiger partial charge in [0, 0.05) is 17.3 Å². The van der Waals surface area contributed by atoms with Crippen LogP contribution in [0, 0.1) is 0 Å². The van der Waals surface area contributed by atoms with Crippen molar-refractivity contribution in [1.29, 1.82) is 0 Å². The maximum Gasteiger partial charge on any atom is 0.341 e. The maximum atomic E-state index is 13.4. The number of carbonyl (C=O) groups excluding carboxylic acids is 3. The highest BCUT2D eigenvalue weighted by atomic mass is 16.5. The molecule has 0 spiro atoms. The normalized spacial score (nSPS) is 13.1. The number of carbonyl (C=O) groups is 3. The van der Waals surface area contributed by atoms with Gasteiger partial charge in [-0.1, -0.05) is 48.5 Å². The molecule has 1 aliphatic rings. The summed E-state index contributed by atoms with van der Waals surface area (Å²) in [6, 6.07) is 16.2. The van der Waals surface area contributed by atoms with E-state index in [4.69, 9.17) is 4.74 Å². The van der Waals surface area contributed by atoms with Gasteiger partial charge in [-0.2, -0.15) is 0 Å². The van der Waals surface area contributed by atoms with E-state index in [2.05, 4.69) is 0 Å². The van der Waals surface area contributed by atoms with Gasteiger partial charge in [-0.3, -0.25) is 9.59 Å². The van der Waals surface area contributed by atoms with Crippen LogP contribution in [0.15, 0.2) is 60.8 Å². The molecular weight excluding hydrogens is 366 g/mol. The Labute approximate surface area is 166 Å². The molecule has 0 fully saturated rings. The van der Waals surface area contributed by atoms with Crippen molar-refractivity contribution >= 4 is 33.8 Å². The summed E-state index contributed by atoms with van der Waals surface area (Å²) in [5.41, 5.74) is 1.63. The number of hydrogen-bond acceptors (Lipinski definition) is 4. The number of esters is 1. The Bertz CT molecular complexity index is 1360. The van der Waals surface area contributed by atoms with Gasteiger partial charge in [0.05, 0.1) is 22.7 Å². The standard InChI is InChI=1S/C24H17NO4/c1-13(2)29-24(28)19-18-11-14-7-3-4-8-15(14)12-25(18)21-20(19)22(26)16-9-5-6-10-17(16)23(21)27/h3-13H,1-2H3. The Hall–Kier alpha value is -3.73. The van der Waals surface area contributed by atoms with Crippen molar-refractivity contribution in [3.8, 4) is 0 Å². The average Bonchev–Trinajstić information content (AvgIpc) is 3.04. The number of hydrogen-bond donors (Lipinski definition) is 0. The zero-order valence-electron chi connectivity index (χ0n) is 15.9. The van der Waals surface area contributed by atoms with Crippen LogP contribution < -0.4 is 0 Å². The molecule has 0 atom stereocenters. The van der Waals surface area contributed by atoms with Crippen molar-refractivity contribution in [1.82, 2.24) is 4.40 Å². The summed E-state index contributed by atoms with van der Waals surface area (Å²) in [4.78, 5) is 39.7. The topological polar surface area (TPSA) is 64.8 Å². The molecule has 29 heavy (non-hydrogen) atoms. The Balaban J connectivity index is 1.92. The molecule has 142 valence electrons. The molecule has 5 nitrogen and oxygen atoms in total. The van der Waals surface area contributed by atoms with Crippen LogP contribution in [-0.2, 0) is 4.74 Å². The number of pyridine rings is 1. The van der Waals surface area contributed by atoms with Crippen LogP contribution in [0.3, 0.4) is 0 Å². The zero-order valence-corrected chi connectivity index (χ0v) is 15.9. The van der Waals surface area contributed by atoms with E-state index in [-0.39, 0.29) is 34.5 Å². The van der Waals surface area contributed by atoms with E-state index >= 15 is 0 Å². The smallest absolute Gasteiger partial charge is 0.341 e. The van der Waals surface area contributed by atoms with E-state index in [1.165, 1.54) is 0 Å². The van der Waals surface area contributed by atoms with Gasteiger partial charge in [0.25, 0.3) is 0 Å². The van der Waals surface area contributed by atoms with Gasteiger partial charge in [-0.25, -0.2) is 4.79 Å². The highest BCUT2D eigenvalue weighted by Gasteiger charge is 2.38. The quantitative estimate of drug-likeness (QED) is 0.423. The fraction of sp³-hybridized carbons (Fsp3) is 0.125. The third kappa shape index (κ3) is 2.44. The van der Waals surface area contributed by atoms with E-state index < -0.39 is 5.97 Å². The van der Waals surface area contributed by atoms with Gasteiger partial charge in [-0.15, -0.1) is 0 Å². The second-order valence-electron chi connectivity index (χ2n) is 7.41. The van der Waals surface area contributed by atoms with Crippen LogP contribution in [-0.4, -0.2) is 28.0 Å². The third-order valence-corrected chi connectivity index (χ3v) is 5.21. The number of rotatable bonds is 2. The molecule has 2 heterocycles. The molecule has 0 aliphatic heterocycles. The lowest BCUT2D eigenvalue weighted by molar-refractivity contribution is 0.0378. The highest BCUT2D eigenvalue weighted by Crippen LogP contribution is 2.35. The van der Waals surface area contributed by atoms with Gasteiger partial charge >= 0.3 is 5.97 Å². The van der Waals surface area contributed by atoms with Crippen LogP contribution in [0.25, 0.3) is 16.3 Å². The number of ether oxygens (including phenoxy) is 1. The first-order valence-corrected chi connectivity index (χ1v) is 9.43. The molecule has 5 rings (SSSR count). The molecule has 4 aromatic rings. The Morgan fingerprint density at radius 3 is 2.21 bits per heavy atom. The molecule has 0 saturated heterocycles. The van der Waals surface area contributed by atoms with E-state index in [9.17, 15) is 14.4 Å². The molecule has 0 saturated carbocycles. The average molecular weight is 383 g/mol. The van der Waals surface area contributed by atoms with Crippen LogP contribution in [0.1, 0.15) is 56.2 Å². The molecule has 1 aliphatic carbocycles. The Kier molecular flexibility index (Phi) is 3.68. The second-order valence-corrected chi connectivity index (χ2v) is 7.41. The molecule has 0 unspecified atom stereocenters. The number of ketones is 2. The first-order valence-electron chi connectivity index (χ1n) is 9.43. The minimum atomic E-state index is -0.602. The van der Waals surface area contributed by atoms with Crippen LogP contribution in [0.2, 0.25) is 0 Å². The number of nitrogens with zero attached hydrogens (tertiary/aromatic N) is 1. The monoisotopic (exact) mass is 383 g/mol. The van der Waals surface area contributed by atoms with Crippen molar-refractivity contribution in [2.45, 2.75) is 20.0 Å². The lowest BCUT2D eigenvalue weighted by Gasteiger charge is -2.16. The van der Waals surface area contributed by atoms with Gasteiger partial charge in [0.2, 0.25) is 5.78 Å². The first-order chi connectivity index (χ1) is 14.0. The second kappa shape index (κ2) is 6.14. The molecule has 5 heteroatoms. The minimum Gasteiger partial charge on any atom is -0.459 e. The predicted molar refractivity (Wildman–Crippen MR) is 109 cm³/mol. The molecular formula is C24H17NO4. The molecule has 0 radical (unpaired) electrons. The number of fused-ring (bicyclic) bond motifs is 5. The summed E-state index contributed by atoms with van der Waals surface area (Å²) >= 11 is 0. The minimum absolute atomic E-state index is 0.120. The first kappa shape index (κ1) is 17.4. The summed E-state index contributed by atoms with van der Waals surface area (Å²) in [5, 5.41) is 1.81. The lowest BCUT2D eigenvalue weighted by Crippen LogP contribution is -2.23. The van der Waals surface area contributed by atoms with Gasteiger partial charge < -0.3 is 9.14 Å². The van der Waals surface area contributed by atoms with Gasteiger partial charge in [0.1, 0.15) is 5.69 Å². The SMILES string of the molecule is CC(C)OC(=O)c1c2c(n3cc4ccccc4cc13)C(=O)c1ccccc1C2=O. The van der Waals surface area contributed by atoms with Crippen molar-refractivity contribution < 1.29 is 19.1 Å². The molecule has 2 aromatic heterocycles. The maximum absolute atomic E-state index is 13.4. The van der Waals surface area contributed by atoms with Gasteiger partial charge in [-0.05, 0) is 30.7 Å². The van der Waals surface area contributed by atoms with Gasteiger partial charge in [0.15, 0.2) is 5.78 Å². The summed E-state index contributed by atoms with van der Waals surface area (Å²) in [7, 11) is 0. The van der Waals surface area contributed by atoms with E-state index in [0.717, 1.165) is 10.8 Å². The van der Waals surface area contributed by atoms with Crippen molar-refractivity contribution in [2.75, 3.05) is 0 Å². The highest BCUT2D eigenvalue weighted by molar-refractivity contribution is 6.32. The van der Waals surface area contributed by atoms with Crippen LogP contribution in [0.5, 0.6) is 0 Å². The Morgan fingerprint density at radius 2 is 1.52 bits per heavy atom. The summed E-state index contributed by atoms with van der Waals surface area (Å²) in [5.74, 6) is -1.21. The number of benzene rings is 2. The van der Waals surface area contributed by atoms with E-state index in [0.29, 0.717) is 16.6 Å². The molecule has 0 bridgehead atoms. The zero-order chi connectivity index (χ0) is 20.3. The Morgan fingerprint density at radius 1 is 0.897 bits per heavy atom. The largest absolute Gasteiger partial charge is 0.459 e. The predicted octanol–water partition coefficient (Wildman–Crippen LogP) is 4.43. The van der Waals surface area contributed by atoms with Crippen LogP contribution in [0.4, 0.5) is 0 Å². The van der Waals surface area contributed by atoms with Crippen molar-refractivity contribution in [3.05, 3.63) is 88.7 Å². The molecule has 0 N–H and O–H groups in total. The summed E-state index contributed by atoms with van der Waals surface area (Å²) in [6.45, 7) is 3.50. The van der Waals surface area contributed by atoms with E-state index in [1.54, 1.807) is 48.7 Å². The third-order valence-electron chi connectivity index (χ3n) is 5.21. The fourth-order valence-corrected chi connectivity index (χ4v) is 3.99. The number of aromatic nitrogens is 1. The summed E-state index contributed by atoms with van der Waals surface area (Å²) < 4.78 is 7.09. The molecule has 0 amide bonds. The fourth-order valence-electron chi connectivity index (χ4n) is 3.99. The van der Waals surface area contributed by atoms with Crippen molar-refractivity contribution in [2.24, 2.45) is 0 Å². The lowest BCUT2D eigenvalue weighted by atomic mass is 9.86. The molecule has 2 aromatic carbocycles. The van der Waals surface area contributed by atoms with Crippen LogP contribution >= 0.6 is 0 Å². The van der Waals surface area contributed by atoms with Crippen molar-refractivity contribution in [3.63, 3.8) is 0 Å².